The molecule has 144 valence electrons. The fourth-order valence-corrected chi connectivity index (χ4v) is 4.29. The number of carboxylic acid groups (broad SMARTS) is 1. The third kappa shape index (κ3) is 3.31. The maximum Gasteiger partial charge on any atom is 0.343 e. The van der Waals surface area contributed by atoms with Gasteiger partial charge in [0.15, 0.2) is 17.1 Å². The monoisotopic (exact) mass is 390 g/mol. The second kappa shape index (κ2) is 7.14. The smallest absolute Gasteiger partial charge is 0.343 e. The summed E-state index contributed by atoms with van der Waals surface area (Å²) in [5.74, 6) is -0.347. The molecular formula is C19H23ClN4O3. The standard InChI is InChI=1S/C19H23ClN4O3/c1-23-10-11-24(12-19(23)6-8-21-9-7-19)17-15(18(25)26)16(27-22-17)13-2-4-14(20)5-3-13/h2-5,21H,6-12H2,1H3,(H,25,26). The van der Waals surface area contributed by atoms with Crippen LogP contribution in [0.5, 0.6) is 0 Å². The quantitative estimate of drug-likeness (QED) is 0.833. The highest BCUT2D eigenvalue weighted by molar-refractivity contribution is 6.30. The van der Waals surface area contributed by atoms with Gasteiger partial charge in [-0.15, -0.1) is 0 Å². The fraction of sp³-hybridized carbons (Fsp3) is 0.474. The maximum atomic E-state index is 12.0. The lowest BCUT2D eigenvalue weighted by molar-refractivity contribution is 0.0671. The molecule has 1 aromatic heterocycles. The first-order valence-electron chi connectivity index (χ1n) is 9.16. The van der Waals surface area contributed by atoms with Crippen molar-refractivity contribution in [2.45, 2.75) is 18.4 Å². The van der Waals surface area contributed by atoms with Crippen molar-refractivity contribution in [3.63, 3.8) is 0 Å². The first-order chi connectivity index (χ1) is 13.0. The molecule has 0 amide bonds. The van der Waals surface area contributed by atoms with Gasteiger partial charge in [-0.05, 0) is 57.2 Å². The summed E-state index contributed by atoms with van der Waals surface area (Å²) in [5.41, 5.74) is 0.811. The molecule has 0 aliphatic carbocycles. The van der Waals surface area contributed by atoms with Gasteiger partial charge in [0.05, 0.1) is 0 Å². The second-order valence-corrected chi connectivity index (χ2v) is 7.78. The summed E-state index contributed by atoms with van der Waals surface area (Å²) < 4.78 is 5.50. The number of nitrogens with zero attached hydrogens (tertiary/aromatic N) is 3. The Kier molecular flexibility index (Phi) is 4.84. The molecule has 3 heterocycles. The van der Waals surface area contributed by atoms with Crippen LogP contribution in [-0.2, 0) is 0 Å². The summed E-state index contributed by atoms with van der Waals surface area (Å²) in [4.78, 5) is 16.5. The minimum Gasteiger partial charge on any atom is -0.477 e. The Bertz CT molecular complexity index is 830. The zero-order valence-corrected chi connectivity index (χ0v) is 16.0. The molecule has 0 atom stereocenters. The van der Waals surface area contributed by atoms with Crippen LogP contribution >= 0.6 is 11.6 Å². The number of benzene rings is 1. The van der Waals surface area contributed by atoms with Gasteiger partial charge in [-0.25, -0.2) is 4.79 Å². The van der Waals surface area contributed by atoms with E-state index in [0.29, 0.717) is 16.4 Å². The molecule has 7 nitrogen and oxygen atoms in total. The van der Waals surface area contributed by atoms with E-state index >= 15 is 0 Å². The van der Waals surface area contributed by atoms with Gasteiger partial charge in [-0.3, -0.25) is 4.90 Å². The van der Waals surface area contributed by atoms with Crippen LogP contribution in [0.3, 0.4) is 0 Å². The average molecular weight is 391 g/mol. The van der Waals surface area contributed by atoms with E-state index in [9.17, 15) is 9.90 Å². The highest BCUT2D eigenvalue weighted by Crippen LogP contribution is 2.36. The number of rotatable bonds is 3. The van der Waals surface area contributed by atoms with E-state index in [-0.39, 0.29) is 16.9 Å². The van der Waals surface area contributed by atoms with E-state index in [4.69, 9.17) is 16.1 Å². The second-order valence-electron chi connectivity index (χ2n) is 7.34. The minimum atomic E-state index is -1.03. The highest BCUT2D eigenvalue weighted by atomic mass is 35.5. The van der Waals surface area contributed by atoms with Crippen LogP contribution < -0.4 is 10.2 Å². The Hall–Kier alpha value is -2.09. The van der Waals surface area contributed by atoms with Gasteiger partial charge in [0.2, 0.25) is 0 Å². The highest BCUT2D eigenvalue weighted by Gasteiger charge is 2.42. The molecule has 2 N–H and O–H groups in total. The molecule has 2 aromatic rings. The Morgan fingerprint density at radius 2 is 1.96 bits per heavy atom. The molecule has 4 rings (SSSR count). The van der Waals surface area contributed by atoms with Gasteiger partial charge < -0.3 is 19.8 Å². The lowest BCUT2D eigenvalue weighted by Crippen LogP contribution is -2.64. The number of nitrogens with one attached hydrogen (secondary N) is 1. The van der Waals surface area contributed by atoms with E-state index in [1.54, 1.807) is 24.3 Å². The van der Waals surface area contributed by atoms with Crippen LogP contribution in [0.2, 0.25) is 5.02 Å². The average Bonchev–Trinajstić information content (AvgIpc) is 3.11. The summed E-state index contributed by atoms with van der Waals surface area (Å²) in [6, 6.07) is 6.92. The van der Waals surface area contributed by atoms with Crippen LogP contribution in [0, 0.1) is 0 Å². The lowest BCUT2D eigenvalue weighted by atomic mass is 9.84. The molecule has 2 saturated heterocycles. The Morgan fingerprint density at radius 3 is 2.63 bits per heavy atom. The summed E-state index contributed by atoms with van der Waals surface area (Å²) in [5, 5.41) is 18.0. The van der Waals surface area contributed by atoms with Crippen LogP contribution in [0.25, 0.3) is 11.3 Å². The largest absolute Gasteiger partial charge is 0.477 e. The van der Waals surface area contributed by atoms with E-state index in [2.05, 4.69) is 27.3 Å². The van der Waals surface area contributed by atoms with E-state index in [1.807, 2.05) is 0 Å². The van der Waals surface area contributed by atoms with Crippen molar-refractivity contribution in [1.29, 1.82) is 0 Å². The van der Waals surface area contributed by atoms with Crippen LogP contribution in [0.1, 0.15) is 23.2 Å². The van der Waals surface area contributed by atoms with Gasteiger partial charge in [-0.2, -0.15) is 0 Å². The van der Waals surface area contributed by atoms with Crippen LogP contribution in [-0.4, -0.2) is 66.4 Å². The molecule has 2 aliphatic rings. The molecule has 0 radical (unpaired) electrons. The number of anilines is 1. The van der Waals surface area contributed by atoms with Crippen molar-refractivity contribution in [2.24, 2.45) is 0 Å². The summed E-state index contributed by atoms with van der Waals surface area (Å²) in [6.45, 7) is 4.27. The zero-order chi connectivity index (χ0) is 19.0. The van der Waals surface area contributed by atoms with Gasteiger partial charge in [0.1, 0.15) is 0 Å². The number of aromatic carboxylic acids is 1. The third-order valence-electron chi connectivity index (χ3n) is 5.83. The van der Waals surface area contributed by atoms with Crippen molar-refractivity contribution in [3.8, 4) is 11.3 Å². The molecule has 8 heteroatoms. The summed E-state index contributed by atoms with van der Waals surface area (Å²) >= 11 is 5.94. The van der Waals surface area contributed by atoms with Gasteiger partial charge in [0.25, 0.3) is 0 Å². The van der Waals surface area contributed by atoms with E-state index in [1.165, 1.54) is 0 Å². The number of hydrogen-bond acceptors (Lipinski definition) is 6. The number of hydrogen-bond donors (Lipinski definition) is 2. The molecule has 1 aromatic carbocycles. The van der Waals surface area contributed by atoms with Gasteiger partial charge in [0, 0.05) is 35.8 Å². The zero-order valence-electron chi connectivity index (χ0n) is 15.2. The molecule has 2 fully saturated rings. The van der Waals surface area contributed by atoms with Crippen molar-refractivity contribution >= 4 is 23.4 Å². The summed E-state index contributed by atoms with van der Waals surface area (Å²) in [6.07, 6.45) is 2.06. The van der Waals surface area contributed by atoms with Crippen molar-refractivity contribution < 1.29 is 14.4 Å². The van der Waals surface area contributed by atoms with Gasteiger partial charge >= 0.3 is 5.97 Å². The SMILES string of the molecule is CN1CCN(c2noc(-c3ccc(Cl)cc3)c2C(=O)O)CC12CCNCC2. The topological polar surface area (TPSA) is 81.8 Å². The minimum absolute atomic E-state index is 0.0403. The number of piperazine rings is 1. The maximum absolute atomic E-state index is 12.0. The number of aromatic nitrogens is 1. The van der Waals surface area contributed by atoms with E-state index < -0.39 is 5.97 Å². The first-order valence-corrected chi connectivity index (χ1v) is 9.54. The van der Waals surface area contributed by atoms with Gasteiger partial charge in [-0.1, -0.05) is 16.8 Å². The molecule has 1 spiro atoms. The predicted octanol–water partition coefficient (Wildman–Crippen LogP) is 2.57. The number of piperidine rings is 1. The van der Waals surface area contributed by atoms with Crippen LogP contribution in [0.4, 0.5) is 5.82 Å². The molecule has 27 heavy (non-hydrogen) atoms. The molecule has 0 unspecified atom stereocenters. The molecule has 2 aliphatic heterocycles. The van der Waals surface area contributed by atoms with Crippen molar-refractivity contribution in [1.82, 2.24) is 15.4 Å². The Labute approximate surface area is 162 Å². The number of halogens is 1. The number of likely N-dealkylation sites (N-methyl/N-ethyl adjacent to an activating group) is 1. The van der Waals surface area contributed by atoms with Crippen molar-refractivity contribution in [2.75, 3.05) is 44.7 Å². The van der Waals surface area contributed by atoms with E-state index in [0.717, 1.165) is 45.6 Å². The Balaban J connectivity index is 1.69. The third-order valence-corrected chi connectivity index (χ3v) is 6.08. The van der Waals surface area contributed by atoms with Crippen LogP contribution in [0.15, 0.2) is 28.8 Å². The molecular weight excluding hydrogens is 368 g/mol. The molecule has 0 bridgehead atoms. The Morgan fingerprint density at radius 1 is 1.26 bits per heavy atom. The fourth-order valence-electron chi connectivity index (χ4n) is 4.16. The predicted molar refractivity (Wildman–Crippen MR) is 104 cm³/mol. The summed E-state index contributed by atoms with van der Waals surface area (Å²) in [7, 11) is 2.16. The van der Waals surface area contributed by atoms with Crippen molar-refractivity contribution in [3.05, 3.63) is 34.9 Å². The lowest BCUT2D eigenvalue weighted by Gasteiger charge is -2.51. The number of carbonyl (C=O) groups is 1. The number of carboxylic acids is 1. The normalized spacial score (nSPS) is 20.1. The molecule has 0 saturated carbocycles. The first kappa shape index (κ1) is 18.3.